The molecule has 1 saturated heterocycles. The Hall–Kier alpha value is -3.77. The highest BCUT2D eigenvalue weighted by Crippen LogP contribution is 2.28. The molecule has 1 aromatic heterocycles. The van der Waals surface area contributed by atoms with Crippen molar-refractivity contribution in [2.75, 3.05) is 58.0 Å². The number of hydrogen-bond acceptors (Lipinski definition) is 7. The Morgan fingerprint density at radius 1 is 1.11 bits per heavy atom. The molecule has 11 nitrogen and oxygen atoms in total. The van der Waals surface area contributed by atoms with E-state index in [0.29, 0.717) is 0 Å². The standard InChI is InChI=1S/C25H34FN7O4/c1-17(34)28-24(35)29-18-5-6-22(21(26)15-18)37-20-7-10-27-23(16-20)30-25(36)32(4)19-8-11-33(12-9-19)14-13-31(2)3/h5-7,10,15-16,19H,8-9,11-14H2,1-4H3,(H,27,30,36)(H2,28,29,34,35). The quantitative estimate of drug-likeness (QED) is 0.494. The highest BCUT2D eigenvalue weighted by Gasteiger charge is 2.25. The van der Waals surface area contributed by atoms with Gasteiger partial charge < -0.3 is 24.8 Å². The Morgan fingerprint density at radius 3 is 2.49 bits per heavy atom. The van der Waals surface area contributed by atoms with E-state index in [-0.39, 0.29) is 35.1 Å². The maximum Gasteiger partial charge on any atom is 0.325 e. The van der Waals surface area contributed by atoms with Crippen LogP contribution in [0.25, 0.3) is 0 Å². The topological polar surface area (TPSA) is 119 Å². The number of nitrogens with zero attached hydrogens (tertiary/aromatic N) is 4. The summed E-state index contributed by atoms with van der Waals surface area (Å²) in [5.74, 6) is -0.794. The minimum absolute atomic E-state index is 0.0841. The van der Waals surface area contributed by atoms with Crippen molar-refractivity contribution in [3.63, 3.8) is 0 Å². The Balaban J connectivity index is 1.54. The van der Waals surface area contributed by atoms with Crippen LogP contribution in [0.3, 0.4) is 0 Å². The average molecular weight is 516 g/mol. The number of ether oxygens (including phenoxy) is 1. The lowest BCUT2D eigenvalue weighted by Crippen LogP contribution is -2.48. The summed E-state index contributed by atoms with van der Waals surface area (Å²) in [7, 11) is 5.89. The number of imide groups is 1. The summed E-state index contributed by atoms with van der Waals surface area (Å²) in [4.78, 5) is 45.8. The van der Waals surface area contributed by atoms with Crippen LogP contribution in [0.5, 0.6) is 11.5 Å². The molecule has 0 atom stereocenters. The maximum absolute atomic E-state index is 14.5. The zero-order chi connectivity index (χ0) is 26.9. The van der Waals surface area contributed by atoms with Crippen LogP contribution in [0.1, 0.15) is 19.8 Å². The maximum atomic E-state index is 14.5. The molecule has 1 aliphatic rings. The molecule has 5 amide bonds. The lowest BCUT2D eigenvalue weighted by Gasteiger charge is -2.37. The monoisotopic (exact) mass is 515 g/mol. The predicted molar refractivity (Wildman–Crippen MR) is 138 cm³/mol. The molecule has 37 heavy (non-hydrogen) atoms. The van der Waals surface area contributed by atoms with Crippen LogP contribution in [0.2, 0.25) is 0 Å². The number of carbonyl (C=O) groups is 3. The summed E-state index contributed by atoms with van der Waals surface area (Å²) in [6, 6.07) is 5.97. The normalized spacial score (nSPS) is 14.2. The molecule has 2 aromatic rings. The minimum Gasteiger partial charge on any atom is -0.454 e. The molecule has 0 saturated carbocycles. The summed E-state index contributed by atoms with van der Waals surface area (Å²) < 4.78 is 20.1. The van der Waals surface area contributed by atoms with E-state index in [2.05, 4.69) is 39.5 Å². The number of piperidine rings is 1. The van der Waals surface area contributed by atoms with Crippen molar-refractivity contribution in [1.82, 2.24) is 25.0 Å². The molecule has 1 aliphatic heterocycles. The van der Waals surface area contributed by atoms with Gasteiger partial charge in [0.1, 0.15) is 11.6 Å². The number of carbonyl (C=O) groups excluding carboxylic acids is 3. The number of rotatable bonds is 8. The number of amides is 5. The van der Waals surface area contributed by atoms with E-state index in [1.165, 1.54) is 37.4 Å². The van der Waals surface area contributed by atoms with Gasteiger partial charge >= 0.3 is 12.1 Å². The molecule has 0 aliphatic carbocycles. The van der Waals surface area contributed by atoms with E-state index in [9.17, 15) is 18.8 Å². The van der Waals surface area contributed by atoms with Crippen molar-refractivity contribution in [2.24, 2.45) is 0 Å². The fourth-order valence-electron chi connectivity index (χ4n) is 3.89. The van der Waals surface area contributed by atoms with E-state index < -0.39 is 17.8 Å². The van der Waals surface area contributed by atoms with Crippen molar-refractivity contribution in [2.45, 2.75) is 25.8 Å². The van der Waals surface area contributed by atoms with E-state index in [1.54, 1.807) is 11.9 Å². The zero-order valence-electron chi connectivity index (χ0n) is 21.6. The molecule has 2 heterocycles. The molecule has 12 heteroatoms. The van der Waals surface area contributed by atoms with Crippen molar-refractivity contribution in [3.05, 3.63) is 42.3 Å². The second-order valence-electron chi connectivity index (χ2n) is 9.18. The Morgan fingerprint density at radius 2 is 1.84 bits per heavy atom. The van der Waals surface area contributed by atoms with Gasteiger partial charge in [-0.15, -0.1) is 0 Å². The number of hydrogen-bond donors (Lipinski definition) is 3. The molecular weight excluding hydrogens is 481 g/mol. The Labute approximate surface area is 216 Å². The number of anilines is 2. The number of benzene rings is 1. The molecule has 0 spiro atoms. The largest absolute Gasteiger partial charge is 0.454 e. The molecular formula is C25H34FN7O4. The van der Waals surface area contributed by atoms with Gasteiger partial charge in [-0.05, 0) is 45.1 Å². The van der Waals surface area contributed by atoms with Crippen molar-refractivity contribution >= 4 is 29.5 Å². The smallest absolute Gasteiger partial charge is 0.325 e. The van der Waals surface area contributed by atoms with Crippen LogP contribution < -0.4 is 20.7 Å². The van der Waals surface area contributed by atoms with E-state index >= 15 is 0 Å². The second-order valence-corrected chi connectivity index (χ2v) is 9.18. The van der Waals surface area contributed by atoms with Crippen LogP contribution in [0, 0.1) is 5.82 Å². The Kier molecular flexibility index (Phi) is 9.75. The van der Waals surface area contributed by atoms with Gasteiger partial charge in [0.2, 0.25) is 5.91 Å². The lowest BCUT2D eigenvalue weighted by atomic mass is 10.0. The van der Waals surface area contributed by atoms with Crippen LogP contribution >= 0.6 is 0 Å². The van der Waals surface area contributed by atoms with Crippen LogP contribution in [0.15, 0.2) is 36.5 Å². The third kappa shape index (κ3) is 8.69. The number of likely N-dealkylation sites (N-methyl/N-ethyl adjacent to an activating group) is 1. The third-order valence-electron chi connectivity index (χ3n) is 5.96. The number of halogens is 1. The zero-order valence-corrected chi connectivity index (χ0v) is 21.6. The van der Waals surface area contributed by atoms with Gasteiger partial charge in [0.25, 0.3) is 0 Å². The highest BCUT2D eigenvalue weighted by molar-refractivity contribution is 6.00. The number of urea groups is 2. The van der Waals surface area contributed by atoms with Crippen LogP contribution in [0.4, 0.5) is 25.5 Å². The molecule has 0 unspecified atom stereocenters. The molecule has 3 N–H and O–H groups in total. The fraction of sp³-hybridized carbons (Fsp3) is 0.440. The molecule has 0 radical (unpaired) electrons. The van der Waals surface area contributed by atoms with Gasteiger partial charge in [-0.1, -0.05) is 0 Å². The van der Waals surface area contributed by atoms with E-state index in [0.717, 1.165) is 45.1 Å². The van der Waals surface area contributed by atoms with Crippen molar-refractivity contribution in [3.8, 4) is 11.5 Å². The van der Waals surface area contributed by atoms with Crippen LogP contribution in [-0.2, 0) is 4.79 Å². The number of pyridine rings is 1. The summed E-state index contributed by atoms with van der Waals surface area (Å²) >= 11 is 0. The number of nitrogens with one attached hydrogen (secondary N) is 3. The van der Waals surface area contributed by atoms with Gasteiger partial charge in [0.05, 0.1) is 0 Å². The summed E-state index contributed by atoms with van der Waals surface area (Å²) in [6.45, 7) is 5.10. The number of aromatic nitrogens is 1. The predicted octanol–water partition coefficient (Wildman–Crippen LogP) is 3.17. The minimum atomic E-state index is -0.769. The van der Waals surface area contributed by atoms with Gasteiger partial charge in [-0.3, -0.25) is 15.4 Å². The van der Waals surface area contributed by atoms with Crippen molar-refractivity contribution < 1.29 is 23.5 Å². The first-order chi connectivity index (χ1) is 17.6. The van der Waals surface area contributed by atoms with Gasteiger partial charge in [0.15, 0.2) is 11.6 Å². The highest BCUT2D eigenvalue weighted by atomic mass is 19.1. The average Bonchev–Trinajstić information content (AvgIpc) is 2.84. The molecule has 200 valence electrons. The van der Waals surface area contributed by atoms with Gasteiger partial charge in [-0.2, -0.15) is 0 Å². The van der Waals surface area contributed by atoms with Crippen molar-refractivity contribution in [1.29, 1.82) is 0 Å². The first-order valence-corrected chi connectivity index (χ1v) is 12.0. The Bertz CT molecular complexity index is 1110. The SMILES string of the molecule is CC(=O)NC(=O)Nc1ccc(Oc2ccnc(NC(=O)N(C)C3CCN(CCN(C)C)CC3)c2)c(F)c1. The number of likely N-dealkylation sites (tertiary alicyclic amines) is 1. The molecule has 3 rings (SSSR count). The lowest BCUT2D eigenvalue weighted by molar-refractivity contribution is -0.117. The summed E-state index contributed by atoms with van der Waals surface area (Å²) in [6.07, 6.45) is 3.25. The van der Waals surface area contributed by atoms with E-state index in [4.69, 9.17) is 4.74 Å². The summed E-state index contributed by atoms with van der Waals surface area (Å²) in [5.41, 5.74) is 0.151. The summed E-state index contributed by atoms with van der Waals surface area (Å²) in [5, 5.41) is 7.17. The van der Waals surface area contributed by atoms with E-state index in [1.807, 2.05) is 5.32 Å². The van der Waals surface area contributed by atoms with Crippen LogP contribution in [-0.4, -0.2) is 91.0 Å². The molecule has 1 aromatic carbocycles. The first-order valence-electron chi connectivity index (χ1n) is 12.0. The van der Waals surface area contributed by atoms with Gasteiger partial charge in [0, 0.05) is 70.2 Å². The first kappa shape index (κ1) is 27.8. The second kappa shape index (κ2) is 13.0. The third-order valence-corrected chi connectivity index (χ3v) is 5.96. The molecule has 0 bridgehead atoms. The fourth-order valence-corrected chi connectivity index (χ4v) is 3.89. The molecule has 1 fully saturated rings. The van der Waals surface area contributed by atoms with Gasteiger partial charge in [-0.25, -0.2) is 19.0 Å².